The van der Waals surface area contributed by atoms with Crippen molar-refractivity contribution in [1.82, 2.24) is 9.55 Å². The Hall–Kier alpha value is -3.09. The largest absolute Gasteiger partial charge is 0.417 e. The molecule has 0 aliphatic carbocycles. The minimum atomic E-state index is -4.55. The highest BCUT2D eigenvalue weighted by molar-refractivity contribution is 6.30. The van der Waals surface area contributed by atoms with E-state index in [0.29, 0.717) is 10.7 Å². The molecular weight excluding hydrogens is 437 g/mol. The Bertz CT molecular complexity index is 1260. The molecule has 0 aliphatic rings. The van der Waals surface area contributed by atoms with E-state index >= 15 is 0 Å². The van der Waals surface area contributed by atoms with Gasteiger partial charge in [0.05, 0.1) is 11.3 Å². The van der Waals surface area contributed by atoms with Crippen molar-refractivity contribution in [2.24, 2.45) is 0 Å². The van der Waals surface area contributed by atoms with Crippen molar-refractivity contribution in [2.45, 2.75) is 25.6 Å². The van der Waals surface area contributed by atoms with Crippen LogP contribution in [0.15, 0.2) is 79.0 Å². The molecule has 1 aromatic heterocycles. The molecule has 0 fully saturated rings. The van der Waals surface area contributed by atoms with Gasteiger partial charge in [-0.25, -0.2) is 4.98 Å². The zero-order chi connectivity index (χ0) is 23.1. The molecule has 4 rings (SSSR count). The summed E-state index contributed by atoms with van der Waals surface area (Å²) in [5.74, 6) is 0.100. The Morgan fingerprint density at radius 2 is 1.56 bits per heavy atom. The van der Waals surface area contributed by atoms with Crippen molar-refractivity contribution < 1.29 is 18.3 Å². The molecule has 1 N–H and O–H groups in total. The molecule has 164 valence electrons. The molecule has 4 aromatic rings. The summed E-state index contributed by atoms with van der Waals surface area (Å²) in [6, 6.07) is 20.0. The quantitative estimate of drug-likeness (QED) is 0.355. The number of aliphatic hydroxyl groups is 1. The normalized spacial score (nSPS) is 12.2. The molecular formula is C25H20ClF3N2O. The van der Waals surface area contributed by atoms with E-state index in [0.717, 1.165) is 17.2 Å². The van der Waals surface area contributed by atoms with Crippen LogP contribution in [0.5, 0.6) is 0 Å². The number of nitrogens with zero attached hydrogens (tertiary/aromatic N) is 2. The van der Waals surface area contributed by atoms with Crippen LogP contribution in [0.25, 0.3) is 28.2 Å². The lowest BCUT2D eigenvalue weighted by Gasteiger charge is -2.14. The maximum Gasteiger partial charge on any atom is 0.417 e. The highest BCUT2D eigenvalue weighted by atomic mass is 35.5. The van der Waals surface area contributed by atoms with Crippen LogP contribution in [0, 0.1) is 0 Å². The van der Waals surface area contributed by atoms with E-state index in [1.807, 2.05) is 30.3 Å². The lowest BCUT2D eigenvalue weighted by atomic mass is 10.0. The van der Waals surface area contributed by atoms with Crippen LogP contribution in [-0.2, 0) is 11.8 Å². The topological polar surface area (TPSA) is 38.0 Å². The van der Waals surface area contributed by atoms with E-state index in [-0.39, 0.29) is 17.1 Å². The summed E-state index contributed by atoms with van der Waals surface area (Å²) in [6.45, 7) is 3.09. The molecule has 0 saturated carbocycles. The Labute approximate surface area is 188 Å². The van der Waals surface area contributed by atoms with Crippen molar-refractivity contribution in [3.8, 4) is 28.2 Å². The molecule has 0 unspecified atom stereocenters. The van der Waals surface area contributed by atoms with E-state index in [1.165, 1.54) is 18.2 Å². The van der Waals surface area contributed by atoms with E-state index in [9.17, 15) is 18.3 Å². The highest BCUT2D eigenvalue weighted by Crippen LogP contribution is 2.38. The second-order valence-corrected chi connectivity index (χ2v) is 8.42. The SMILES string of the molecule is CC(C)(O)c1cn(-c2cccc(-c3ccc(Cl)cc3)c2)c(-c2ccccc2C(F)(F)F)n1. The minimum Gasteiger partial charge on any atom is -0.384 e. The molecule has 32 heavy (non-hydrogen) atoms. The maximum atomic E-state index is 13.7. The first-order valence-electron chi connectivity index (χ1n) is 9.89. The summed E-state index contributed by atoms with van der Waals surface area (Å²) in [6.07, 6.45) is -2.98. The third kappa shape index (κ3) is 4.42. The Balaban J connectivity index is 1.92. The van der Waals surface area contributed by atoms with Crippen LogP contribution in [0.2, 0.25) is 5.02 Å². The molecule has 0 bridgehead atoms. The third-order valence-electron chi connectivity index (χ3n) is 5.11. The summed E-state index contributed by atoms with van der Waals surface area (Å²) in [4.78, 5) is 4.41. The van der Waals surface area contributed by atoms with Gasteiger partial charge in [0, 0.05) is 22.5 Å². The maximum absolute atomic E-state index is 13.7. The van der Waals surface area contributed by atoms with E-state index < -0.39 is 17.3 Å². The summed E-state index contributed by atoms with van der Waals surface area (Å²) in [5.41, 5.74) is 0.481. The standard InChI is InChI=1S/C25H20ClF3N2O/c1-24(2,32)22-15-31(23(30-22)20-8-3-4-9-21(20)25(27,28)29)19-7-5-6-17(14-19)16-10-12-18(26)13-11-16/h3-15,32H,1-2H3. The van der Waals surface area contributed by atoms with Gasteiger partial charge in [-0.05, 0) is 55.3 Å². The number of aromatic nitrogens is 2. The number of halogens is 4. The van der Waals surface area contributed by atoms with Crippen molar-refractivity contribution in [2.75, 3.05) is 0 Å². The number of rotatable bonds is 4. The smallest absolute Gasteiger partial charge is 0.384 e. The zero-order valence-electron chi connectivity index (χ0n) is 17.4. The fraction of sp³-hybridized carbons (Fsp3) is 0.160. The predicted octanol–water partition coefficient (Wildman–Crippen LogP) is 7.11. The Morgan fingerprint density at radius 3 is 2.22 bits per heavy atom. The van der Waals surface area contributed by atoms with Gasteiger partial charge in [-0.3, -0.25) is 4.57 Å². The molecule has 0 aliphatic heterocycles. The van der Waals surface area contributed by atoms with E-state index in [2.05, 4.69) is 4.98 Å². The second kappa shape index (κ2) is 8.11. The van der Waals surface area contributed by atoms with Gasteiger partial charge >= 0.3 is 6.18 Å². The van der Waals surface area contributed by atoms with Gasteiger partial charge in [0.1, 0.15) is 11.4 Å². The lowest BCUT2D eigenvalue weighted by Crippen LogP contribution is -2.15. The number of imidazole rings is 1. The van der Waals surface area contributed by atoms with Gasteiger partial charge in [-0.15, -0.1) is 0 Å². The number of benzene rings is 3. The molecule has 0 atom stereocenters. The van der Waals surface area contributed by atoms with Gasteiger partial charge in [-0.1, -0.05) is 54.1 Å². The molecule has 3 nitrogen and oxygen atoms in total. The fourth-order valence-corrected chi connectivity index (χ4v) is 3.59. The monoisotopic (exact) mass is 456 g/mol. The predicted molar refractivity (Wildman–Crippen MR) is 120 cm³/mol. The summed E-state index contributed by atoms with van der Waals surface area (Å²) in [5, 5.41) is 11.1. The van der Waals surface area contributed by atoms with Gasteiger partial charge in [0.25, 0.3) is 0 Å². The van der Waals surface area contributed by atoms with Crippen molar-refractivity contribution in [3.05, 3.63) is 95.3 Å². The van der Waals surface area contributed by atoms with E-state index in [1.54, 1.807) is 42.8 Å². The first kappa shape index (κ1) is 22.1. The van der Waals surface area contributed by atoms with Gasteiger partial charge < -0.3 is 5.11 Å². The molecule has 0 saturated heterocycles. The average Bonchev–Trinajstić information content (AvgIpc) is 3.20. The van der Waals surface area contributed by atoms with E-state index in [4.69, 9.17) is 11.6 Å². The molecule has 1 heterocycles. The third-order valence-corrected chi connectivity index (χ3v) is 5.36. The van der Waals surface area contributed by atoms with Gasteiger partial charge in [-0.2, -0.15) is 13.2 Å². The van der Waals surface area contributed by atoms with Crippen LogP contribution in [0.1, 0.15) is 25.1 Å². The zero-order valence-corrected chi connectivity index (χ0v) is 18.1. The van der Waals surface area contributed by atoms with Crippen LogP contribution < -0.4 is 0 Å². The summed E-state index contributed by atoms with van der Waals surface area (Å²) < 4.78 is 42.8. The first-order valence-corrected chi connectivity index (χ1v) is 10.3. The van der Waals surface area contributed by atoms with Crippen molar-refractivity contribution >= 4 is 11.6 Å². The van der Waals surface area contributed by atoms with Crippen LogP contribution >= 0.6 is 11.6 Å². The molecule has 3 aromatic carbocycles. The lowest BCUT2D eigenvalue weighted by molar-refractivity contribution is -0.137. The summed E-state index contributed by atoms with van der Waals surface area (Å²) in [7, 11) is 0. The highest BCUT2D eigenvalue weighted by Gasteiger charge is 2.35. The number of hydrogen-bond acceptors (Lipinski definition) is 2. The van der Waals surface area contributed by atoms with Gasteiger partial charge in [0.15, 0.2) is 0 Å². The van der Waals surface area contributed by atoms with Crippen LogP contribution in [0.3, 0.4) is 0 Å². The minimum absolute atomic E-state index is 0.0626. The molecule has 0 amide bonds. The summed E-state index contributed by atoms with van der Waals surface area (Å²) >= 11 is 5.98. The number of hydrogen-bond donors (Lipinski definition) is 1. The number of alkyl halides is 3. The molecule has 0 spiro atoms. The average molecular weight is 457 g/mol. The molecule has 7 heteroatoms. The Kier molecular flexibility index (Phi) is 5.61. The fourth-order valence-electron chi connectivity index (χ4n) is 3.46. The Morgan fingerprint density at radius 1 is 0.875 bits per heavy atom. The van der Waals surface area contributed by atoms with Crippen molar-refractivity contribution in [1.29, 1.82) is 0 Å². The van der Waals surface area contributed by atoms with Gasteiger partial charge in [0.2, 0.25) is 0 Å². The molecule has 0 radical (unpaired) electrons. The van der Waals surface area contributed by atoms with Crippen LogP contribution in [0.4, 0.5) is 13.2 Å². The first-order chi connectivity index (χ1) is 15.0. The van der Waals surface area contributed by atoms with Crippen molar-refractivity contribution in [3.63, 3.8) is 0 Å². The second-order valence-electron chi connectivity index (χ2n) is 7.98. The van der Waals surface area contributed by atoms with Crippen LogP contribution in [-0.4, -0.2) is 14.7 Å².